The number of hydrogen-bond donors (Lipinski definition) is 1. The van der Waals surface area contributed by atoms with Crippen molar-refractivity contribution in [2.75, 3.05) is 11.1 Å². The summed E-state index contributed by atoms with van der Waals surface area (Å²) in [4.78, 5) is 27.3. The summed E-state index contributed by atoms with van der Waals surface area (Å²) in [5.41, 5.74) is 4.67. The predicted molar refractivity (Wildman–Crippen MR) is 144 cm³/mol. The van der Waals surface area contributed by atoms with Crippen molar-refractivity contribution in [3.8, 4) is 0 Å². The molecule has 6 nitrogen and oxygen atoms in total. The maximum atomic E-state index is 13.0. The van der Waals surface area contributed by atoms with Crippen LogP contribution in [0.4, 0.5) is 5.69 Å². The zero-order chi connectivity index (χ0) is 24.6. The van der Waals surface area contributed by atoms with Gasteiger partial charge < -0.3 is 19.2 Å². The van der Waals surface area contributed by atoms with Crippen molar-refractivity contribution in [3.05, 3.63) is 102 Å². The molecule has 1 saturated heterocycles. The van der Waals surface area contributed by atoms with Crippen LogP contribution in [0.25, 0.3) is 21.8 Å². The number of rotatable bonds is 6. The van der Waals surface area contributed by atoms with Crippen LogP contribution in [-0.4, -0.2) is 27.0 Å². The molecule has 1 aliphatic heterocycles. The molecule has 2 amide bonds. The van der Waals surface area contributed by atoms with E-state index in [9.17, 15) is 9.59 Å². The number of nitrogens with one attached hydrogen (secondary N) is 1. The molecule has 180 valence electrons. The number of aryl methyl sites for hydroxylation is 1. The summed E-state index contributed by atoms with van der Waals surface area (Å²) in [5, 5.41) is 5.25. The molecule has 0 saturated carbocycles. The number of aromatic nitrogens is 1. The third kappa shape index (κ3) is 3.95. The Kier molecular flexibility index (Phi) is 5.77. The number of nitrogens with zero attached hydrogens (tertiary/aromatic N) is 2. The summed E-state index contributed by atoms with van der Waals surface area (Å²) in [6.07, 6.45) is 1.62. The maximum Gasteiger partial charge on any atom is 0.255 e. The van der Waals surface area contributed by atoms with Gasteiger partial charge in [0.1, 0.15) is 11.1 Å². The summed E-state index contributed by atoms with van der Waals surface area (Å²) in [6.45, 7) is 3.45. The third-order valence-electron chi connectivity index (χ3n) is 6.68. The van der Waals surface area contributed by atoms with Gasteiger partial charge in [-0.1, -0.05) is 30.3 Å². The summed E-state index contributed by atoms with van der Waals surface area (Å²) >= 11 is 1.59. The van der Waals surface area contributed by atoms with E-state index in [1.165, 1.54) is 10.9 Å². The Morgan fingerprint density at radius 3 is 2.58 bits per heavy atom. The van der Waals surface area contributed by atoms with Crippen molar-refractivity contribution in [2.45, 2.75) is 25.4 Å². The van der Waals surface area contributed by atoms with Gasteiger partial charge >= 0.3 is 0 Å². The van der Waals surface area contributed by atoms with E-state index in [2.05, 4.69) is 41.1 Å². The van der Waals surface area contributed by atoms with Gasteiger partial charge in [0.05, 0.1) is 18.6 Å². The van der Waals surface area contributed by atoms with Gasteiger partial charge in [0.15, 0.2) is 0 Å². The van der Waals surface area contributed by atoms with Crippen molar-refractivity contribution < 1.29 is 14.0 Å². The van der Waals surface area contributed by atoms with Crippen LogP contribution in [0.5, 0.6) is 0 Å². The molecule has 1 N–H and O–H groups in total. The lowest BCUT2D eigenvalue weighted by atomic mass is 10.1. The van der Waals surface area contributed by atoms with Gasteiger partial charge in [0, 0.05) is 39.6 Å². The van der Waals surface area contributed by atoms with E-state index in [1.807, 2.05) is 59.5 Å². The van der Waals surface area contributed by atoms with Crippen LogP contribution in [0.2, 0.25) is 0 Å². The van der Waals surface area contributed by atoms with Gasteiger partial charge in [-0.25, -0.2) is 0 Å². The lowest BCUT2D eigenvalue weighted by Crippen LogP contribution is -2.27. The van der Waals surface area contributed by atoms with Crippen LogP contribution in [0.15, 0.2) is 89.5 Å². The molecule has 5 aromatic rings. The van der Waals surface area contributed by atoms with E-state index >= 15 is 0 Å². The molecular weight excluding hydrogens is 470 g/mol. The number of fused-ring (bicyclic) bond motifs is 3. The van der Waals surface area contributed by atoms with Crippen molar-refractivity contribution in [1.29, 1.82) is 0 Å². The van der Waals surface area contributed by atoms with Crippen molar-refractivity contribution >= 4 is 51.1 Å². The van der Waals surface area contributed by atoms with Gasteiger partial charge in [-0.2, -0.15) is 0 Å². The Balaban J connectivity index is 1.21. The highest BCUT2D eigenvalue weighted by Gasteiger charge is 2.33. The second-order valence-corrected chi connectivity index (χ2v) is 9.90. The Labute approximate surface area is 212 Å². The molecule has 0 spiro atoms. The number of amides is 2. The summed E-state index contributed by atoms with van der Waals surface area (Å²) in [7, 11) is 0. The van der Waals surface area contributed by atoms with Crippen molar-refractivity contribution in [2.24, 2.45) is 0 Å². The number of hydrogen-bond acceptors (Lipinski definition) is 4. The minimum absolute atomic E-state index is 0.0861. The number of para-hydroxylation sites is 1. The highest BCUT2D eigenvalue weighted by Crippen LogP contribution is 2.39. The monoisotopic (exact) mass is 495 g/mol. The molecule has 0 aliphatic carbocycles. The standard InChI is InChI=1S/C29H25N3O3S/c1-2-31-25-8-4-3-7-23(25)24-16-21(13-14-26(24)31)30-28(34)19-9-11-20(12-10-19)29-32(27(33)18-36-29)17-22-6-5-15-35-22/h3-16,29H,2,17-18H2,1H3,(H,30,34)/t29-/m1/s1. The number of thioether (sulfide) groups is 1. The molecule has 0 radical (unpaired) electrons. The zero-order valence-corrected chi connectivity index (χ0v) is 20.6. The SMILES string of the molecule is CCn1c2ccccc2c2cc(NC(=O)c3ccc([C@H]4SCC(=O)N4Cc4ccco4)cc3)ccc21. The fourth-order valence-corrected chi connectivity index (χ4v) is 6.13. The Bertz CT molecular complexity index is 1570. The number of benzene rings is 3. The number of carbonyl (C=O) groups excluding carboxylic acids is 2. The topological polar surface area (TPSA) is 67.5 Å². The number of furan rings is 1. The average Bonchev–Trinajstić information content (AvgIpc) is 3.63. The maximum absolute atomic E-state index is 13.0. The molecule has 0 bridgehead atoms. The molecule has 3 aromatic carbocycles. The number of carbonyl (C=O) groups is 2. The zero-order valence-electron chi connectivity index (χ0n) is 19.8. The van der Waals surface area contributed by atoms with E-state index in [-0.39, 0.29) is 17.2 Å². The normalized spacial score (nSPS) is 15.8. The predicted octanol–water partition coefficient (Wildman–Crippen LogP) is 6.43. The van der Waals surface area contributed by atoms with E-state index < -0.39 is 0 Å². The minimum Gasteiger partial charge on any atom is -0.467 e. The average molecular weight is 496 g/mol. The second-order valence-electron chi connectivity index (χ2n) is 8.83. The Morgan fingerprint density at radius 1 is 1.00 bits per heavy atom. The van der Waals surface area contributed by atoms with Gasteiger partial charge in [0.25, 0.3) is 5.91 Å². The summed E-state index contributed by atoms with van der Waals surface area (Å²) < 4.78 is 7.72. The molecule has 2 aromatic heterocycles. The molecule has 1 atom stereocenters. The summed E-state index contributed by atoms with van der Waals surface area (Å²) in [5.74, 6) is 1.11. The van der Waals surface area contributed by atoms with E-state index in [4.69, 9.17) is 4.42 Å². The first-order valence-electron chi connectivity index (χ1n) is 12.0. The molecule has 36 heavy (non-hydrogen) atoms. The van der Waals surface area contributed by atoms with Crippen LogP contribution in [-0.2, 0) is 17.9 Å². The fraction of sp³-hybridized carbons (Fsp3) is 0.172. The van der Waals surface area contributed by atoms with Crippen LogP contribution < -0.4 is 5.32 Å². The van der Waals surface area contributed by atoms with Gasteiger partial charge in [0.2, 0.25) is 5.91 Å². The highest BCUT2D eigenvalue weighted by molar-refractivity contribution is 8.00. The molecule has 1 fully saturated rings. The summed E-state index contributed by atoms with van der Waals surface area (Å²) in [6, 6.07) is 25.6. The molecule has 7 heteroatoms. The Hall–Kier alpha value is -3.97. The number of anilines is 1. The third-order valence-corrected chi connectivity index (χ3v) is 7.93. The van der Waals surface area contributed by atoms with Crippen LogP contribution in [0.1, 0.15) is 34.0 Å². The van der Waals surface area contributed by atoms with Crippen LogP contribution >= 0.6 is 11.8 Å². The minimum atomic E-state index is -0.164. The Morgan fingerprint density at radius 2 is 1.81 bits per heavy atom. The van der Waals surface area contributed by atoms with E-state index in [0.717, 1.165) is 34.5 Å². The highest BCUT2D eigenvalue weighted by atomic mass is 32.2. The molecule has 0 unspecified atom stereocenters. The lowest BCUT2D eigenvalue weighted by molar-refractivity contribution is -0.128. The first kappa shape index (κ1) is 22.5. The quantitative estimate of drug-likeness (QED) is 0.295. The molecular formula is C29H25N3O3S. The molecule has 3 heterocycles. The van der Waals surface area contributed by atoms with Crippen molar-refractivity contribution in [3.63, 3.8) is 0 Å². The lowest BCUT2D eigenvalue weighted by Gasteiger charge is -2.23. The van der Waals surface area contributed by atoms with Gasteiger partial charge in [-0.3, -0.25) is 9.59 Å². The first-order valence-corrected chi connectivity index (χ1v) is 13.0. The van der Waals surface area contributed by atoms with Gasteiger partial charge in [-0.05, 0) is 61.0 Å². The van der Waals surface area contributed by atoms with Gasteiger partial charge in [-0.15, -0.1) is 11.8 Å². The van der Waals surface area contributed by atoms with Crippen LogP contribution in [0, 0.1) is 0 Å². The van der Waals surface area contributed by atoms with E-state index in [0.29, 0.717) is 17.9 Å². The van der Waals surface area contributed by atoms with E-state index in [1.54, 1.807) is 18.0 Å². The molecule has 1 aliphatic rings. The first-order chi connectivity index (χ1) is 17.6. The van der Waals surface area contributed by atoms with Crippen molar-refractivity contribution in [1.82, 2.24) is 9.47 Å². The fourth-order valence-electron chi connectivity index (χ4n) is 4.95. The molecule has 6 rings (SSSR count). The second kappa shape index (κ2) is 9.24. The smallest absolute Gasteiger partial charge is 0.255 e. The largest absolute Gasteiger partial charge is 0.467 e. The van der Waals surface area contributed by atoms with Crippen LogP contribution in [0.3, 0.4) is 0 Å².